The second-order valence-electron chi connectivity index (χ2n) is 8.32. The summed E-state index contributed by atoms with van der Waals surface area (Å²) < 4.78 is 18.5. The molecule has 3 rings (SSSR count). The Morgan fingerprint density at radius 3 is 2.61 bits per heavy atom. The lowest BCUT2D eigenvalue weighted by Crippen LogP contribution is -2.48. The monoisotopic (exact) mass is 570 g/mol. The van der Waals surface area contributed by atoms with Gasteiger partial charge in [-0.15, -0.1) is 24.0 Å². The maximum atomic E-state index is 13.0. The number of halogens is 2. The van der Waals surface area contributed by atoms with Crippen LogP contribution in [0.5, 0.6) is 5.75 Å². The van der Waals surface area contributed by atoms with Crippen LogP contribution in [0.25, 0.3) is 0 Å². The summed E-state index contributed by atoms with van der Waals surface area (Å²) in [5.74, 6) is 0.923. The smallest absolute Gasteiger partial charge is 0.191 e. The number of ether oxygens (including phenoxy) is 1. The summed E-state index contributed by atoms with van der Waals surface area (Å²) >= 11 is 0. The fraction of sp³-hybridized carbons (Fsp3) is 0.480. The Balaban J connectivity index is 0.00000385. The first-order chi connectivity index (χ1) is 15.5. The van der Waals surface area contributed by atoms with Crippen LogP contribution in [0.3, 0.4) is 0 Å². The summed E-state index contributed by atoms with van der Waals surface area (Å²) in [6, 6.07) is 14.8. The van der Waals surface area contributed by atoms with Crippen LogP contribution in [-0.4, -0.2) is 60.9 Å². The molecule has 182 valence electrons. The lowest BCUT2D eigenvalue weighted by Gasteiger charge is -2.33. The molecule has 2 aromatic rings. The van der Waals surface area contributed by atoms with E-state index in [0.29, 0.717) is 17.8 Å². The zero-order valence-electron chi connectivity index (χ0n) is 19.5. The van der Waals surface area contributed by atoms with Crippen molar-refractivity contribution in [2.45, 2.75) is 45.4 Å². The number of likely N-dealkylation sites (tertiary alicyclic amines) is 1. The highest BCUT2D eigenvalue weighted by atomic mass is 127. The molecule has 1 unspecified atom stereocenters. The average molecular weight is 570 g/mol. The number of nitrogens with zero attached hydrogens (tertiary/aromatic N) is 2. The summed E-state index contributed by atoms with van der Waals surface area (Å²) in [6.45, 7) is 8.30. The van der Waals surface area contributed by atoms with Crippen LogP contribution in [0.15, 0.2) is 53.5 Å². The SMILES string of the molecule is CCNC(=NCC(O)COc1ccc(F)cc1)NC1CCN(Cc2cccc(C)c2)CC1.I. The summed E-state index contributed by atoms with van der Waals surface area (Å²) in [5.41, 5.74) is 2.67. The van der Waals surface area contributed by atoms with Crippen molar-refractivity contribution in [2.75, 3.05) is 32.8 Å². The number of rotatable bonds is 9. The van der Waals surface area contributed by atoms with Gasteiger partial charge in [0.2, 0.25) is 0 Å². The minimum atomic E-state index is -0.744. The lowest BCUT2D eigenvalue weighted by atomic mass is 10.0. The first kappa shape index (κ1) is 27.3. The molecular weight excluding hydrogens is 534 g/mol. The van der Waals surface area contributed by atoms with Gasteiger partial charge in [0.1, 0.15) is 24.3 Å². The van der Waals surface area contributed by atoms with E-state index >= 15 is 0 Å². The van der Waals surface area contributed by atoms with Crippen molar-refractivity contribution in [1.29, 1.82) is 0 Å². The normalized spacial score (nSPS) is 16.1. The minimum absolute atomic E-state index is 0. The zero-order chi connectivity index (χ0) is 22.8. The van der Waals surface area contributed by atoms with Crippen LogP contribution in [-0.2, 0) is 6.54 Å². The topological polar surface area (TPSA) is 69.1 Å². The molecule has 0 radical (unpaired) electrons. The Morgan fingerprint density at radius 1 is 1.21 bits per heavy atom. The van der Waals surface area contributed by atoms with Crippen molar-refractivity contribution in [1.82, 2.24) is 15.5 Å². The van der Waals surface area contributed by atoms with Crippen LogP contribution in [0, 0.1) is 12.7 Å². The molecule has 3 N–H and O–H groups in total. The lowest BCUT2D eigenvalue weighted by molar-refractivity contribution is 0.114. The third-order valence-electron chi connectivity index (χ3n) is 5.48. The Hall–Kier alpha value is -1.91. The van der Waals surface area contributed by atoms with Gasteiger partial charge in [-0.1, -0.05) is 29.8 Å². The molecule has 1 aliphatic heterocycles. The van der Waals surface area contributed by atoms with E-state index in [2.05, 4.69) is 51.7 Å². The van der Waals surface area contributed by atoms with Gasteiger partial charge in [0.15, 0.2) is 5.96 Å². The molecule has 1 atom stereocenters. The highest BCUT2D eigenvalue weighted by molar-refractivity contribution is 14.0. The number of aliphatic imine (C=N–C) groups is 1. The molecule has 1 saturated heterocycles. The van der Waals surface area contributed by atoms with Gasteiger partial charge in [0.25, 0.3) is 0 Å². The third-order valence-corrected chi connectivity index (χ3v) is 5.48. The van der Waals surface area contributed by atoms with Crippen LogP contribution in [0.1, 0.15) is 30.9 Å². The number of aliphatic hydroxyl groups excluding tert-OH is 1. The highest BCUT2D eigenvalue weighted by Gasteiger charge is 2.20. The predicted octanol–water partition coefficient (Wildman–Crippen LogP) is 3.71. The number of guanidine groups is 1. The second kappa shape index (κ2) is 14.4. The molecule has 8 heteroatoms. The molecule has 6 nitrogen and oxygen atoms in total. The van der Waals surface area contributed by atoms with Gasteiger partial charge in [0, 0.05) is 32.2 Å². The number of aliphatic hydroxyl groups is 1. The molecule has 0 amide bonds. The van der Waals surface area contributed by atoms with Crippen molar-refractivity contribution in [3.8, 4) is 5.75 Å². The molecular formula is C25H36FIN4O2. The molecule has 2 aromatic carbocycles. The fourth-order valence-corrected chi connectivity index (χ4v) is 3.79. The van der Waals surface area contributed by atoms with Gasteiger partial charge in [-0.3, -0.25) is 9.89 Å². The Bertz CT molecular complexity index is 858. The fourth-order valence-electron chi connectivity index (χ4n) is 3.79. The number of aryl methyl sites for hydroxylation is 1. The van der Waals surface area contributed by atoms with Gasteiger partial charge in [-0.2, -0.15) is 0 Å². The largest absolute Gasteiger partial charge is 0.491 e. The predicted molar refractivity (Wildman–Crippen MR) is 142 cm³/mol. The van der Waals surface area contributed by atoms with E-state index in [4.69, 9.17) is 4.74 Å². The number of nitrogens with one attached hydrogen (secondary N) is 2. The van der Waals surface area contributed by atoms with Gasteiger partial charge < -0.3 is 20.5 Å². The molecule has 33 heavy (non-hydrogen) atoms. The van der Waals surface area contributed by atoms with Crippen molar-refractivity contribution < 1.29 is 14.2 Å². The van der Waals surface area contributed by atoms with Gasteiger partial charge in [-0.25, -0.2) is 4.39 Å². The van der Waals surface area contributed by atoms with E-state index in [1.807, 2.05) is 6.92 Å². The molecule has 0 aliphatic carbocycles. The molecule has 1 heterocycles. The second-order valence-corrected chi connectivity index (χ2v) is 8.32. The van der Waals surface area contributed by atoms with E-state index < -0.39 is 6.10 Å². The quantitative estimate of drug-likeness (QED) is 0.244. The Labute approximate surface area is 213 Å². The van der Waals surface area contributed by atoms with E-state index in [1.165, 1.54) is 23.3 Å². The van der Waals surface area contributed by atoms with Gasteiger partial charge >= 0.3 is 0 Å². The van der Waals surface area contributed by atoms with Crippen molar-refractivity contribution >= 4 is 29.9 Å². The van der Waals surface area contributed by atoms with Crippen LogP contribution in [0.2, 0.25) is 0 Å². The van der Waals surface area contributed by atoms with Crippen LogP contribution < -0.4 is 15.4 Å². The number of benzene rings is 2. The average Bonchev–Trinajstić information content (AvgIpc) is 2.78. The summed E-state index contributed by atoms with van der Waals surface area (Å²) in [7, 11) is 0. The molecule has 0 spiro atoms. The number of piperidine rings is 1. The van der Waals surface area contributed by atoms with Crippen molar-refractivity contribution in [3.05, 3.63) is 65.5 Å². The van der Waals surface area contributed by atoms with Crippen molar-refractivity contribution in [3.63, 3.8) is 0 Å². The molecule has 0 aromatic heterocycles. The van der Waals surface area contributed by atoms with Crippen LogP contribution >= 0.6 is 24.0 Å². The first-order valence-electron chi connectivity index (χ1n) is 11.4. The van der Waals surface area contributed by atoms with Crippen molar-refractivity contribution in [2.24, 2.45) is 4.99 Å². The Morgan fingerprint density at radius 2 is 1.94 bits per heavy atom. The maximum Gasteiger partial charge on any atom is 0.191 e. The number of hydrogen-bond donors (Lipinski definition) is 3. The van der Waals surface area contributed by atoms with E-state index in [0.717, 1.165) is 39.0 Å². The summed E-state index contributed by atoms with van der Waals surface area (Å²) in [5, 5.41) is 17.0. The van der Waals surface area contributed by atoms with Crippen LogP contribution in [0.4, 0.5) is 4.39 Å². The van der Waals surface area contributed by atoms with Gasteiger partial charge in [-0.05, 0) is 56.5 Å². The minimum Gasteiger partial charge on any atom is -0.491 e. The highest BCUT2D eigenvalue weighted by Crippen LogP contribution is 2.15. The molecule has 1 aliphatic rings. The first-order valence-corrected chi connectivity index (χ1v) is 11.4. The third kappa shape index (κ3) is 9.85. The summed E-state index contributed by atoms with van der Waals surface area (Å²) in [4.78, 5) is 7.01. The van der Waals surface area contributed by atoms with E-state index in [1.54, 1.807) is 12.1 Å². The van der Waals surface area contributed by atoms with Gasteiger partial charge in [0.05, 0.1) is 6.54 Å². The molecule has 0 bridgehead atoms. The molecule has 1 fully saturated rings. The molecule has 0 saturated carbocycles. The zero-order valence-corrected chi connectivity index (χ0v) is 21.8. The summed E-state index contributed by atoms with van der Waals surface area (Å²) in [6.07, 6.45) is 1.35. The number of hydrogen-bond acceptors (Lipinski definition) is 4. The maximum absolute atomic E-state index is 13.0. The standard InChI is InChI=1S/C25H35FN4O2.HI/c1-3-27-25(28-16-23(31)18-32-24-9-7-21(26)8-10-24)29-22-11-13-30(14-12-22)17-20-6-4-5-19(2)15-20;/h4-10,15,22-23,31H,3,11-14,16-18H2,1-2H3,(H2,27,28,29);1H. The van der Waals surface area contributed by atoms with E-state index in [-0.39, 0.29) is 42.9 Å². The Kier molecular flexibility index (Phi) is 11.9. The van der Waals surface area contributed by atoms with E-state index in [9.17, 15) is 9.50 Å².